The predicted octanol–water partition coefficient (Wildman–Crippen LogP) is 5.31. The number of anilines is 1. The van der Waals surface area contributed by atoms with Crippen LogP contribution in [0.25, 0.3) is 11.3 Å². The molecule has 0 fully saturated rings. The lowest BCUT2D eigenvalue weighted by molar-refractivity contribution is -0.115. The number of pyridine rings is 1. The van der Waals surface area contributed by atoms with Crippen LogP contribution in [0.3, 0.4) is 0 Å². The molecule has 10 heteroatoms. The van der Waals surface area contributed by atoms with E-state index in [4.69, 9.17) is 4.74 Å². The van der Waals surface area contributed by atoms with Crippen LogP contribution in [-0.4, -0.2) is 23.8 Å². The number of methoxy groups -OCH3 is 1. The summed E-state index contributed by atoms with van der Waals surface area (Å²) in [6.45, 7) is 0. The lowest BCUT2D eigenvalue weighted by Crippen LogP contribution is -2.16. The first-order valence-electron chi connectivity index (χ1n) is 9.15. The van der Waals surface area contributed by atoms with E-state index in [-0.39, 0.29) is 23.8 Å². The van der Waals surface area contributed by atoms with Gasteiger partial charge in [0.05, 0.1) is 18.4 Å². The third kappa shape index (κ3) is 5.18. The molecule has 0 aliphatic carbocycles. The number of halogens is 4. The summed E-state index contributed by atoms with van der Waals surface area (Å²) in [7, 11) is 1.55. The lowest BCUT2D eigenvalue weighted by Gasteiger charge is -2.10. The Bertz CT molecular complexity index is 1170. The molecule has 1 aromatic heterocycles. The van der Waals surface area contributed by atoms with E-state index in [0.717, 1.165) is 17.3 Å². The average Bonchev–Trinajstić information content (AvgIpc) is 2.80. The number of thioether (sulfide) groups is 1. The molecule has 1 heterocycles. The van der Waals surface area contributed by atoms with Gasteiger partial charge in [0.2, 0.25) is 5.91 Å². The van der Waals surface area contributed by atoms with Crippen molar-refractivity contribution in [3.8, 4) is 23.1 Å². The number of hydrogen-bond donors (Lipinski definition) is 1. The van der Waals surface area contributed by atoms with Crippen molar-refractivity contribution in [2.45, 2.75) is 11.4 Å². The van der Waals surface area contributed by atoms with Crippen LogP contribution in [0, 0.1) is 34.6 Å². The molecule has 0 radical (unpaired) electrons. The molecule has 1 amide bonds. The number of carbonyl (C=O) groups is 1. The zero-order valence-electron chi connectivity index (χ0n) is 16.6. The second kappa shape index (κ2) is 10.2. The van der Waals surface area contributed by atoms with E-state index in [0.29, 0.717) is 16.5 Å². The van der Waals surface area contributed by atoms with E-state index >= 15 is 0 Å². The third-order valence-electron chi connectivity index (χ3n) is 4.31. The van der Waals surface area contributed by atoms with Gasteiger partial charge >= 0.3 is 0 Å². The lowest BCUT2D eigenvalue weighted by atomic mass is 10.1. The molecule has 3 rings (SSSR count). The summed E-state index contributed by atoms with van der Waals surface area (Å²) in [6, 6.07) is 12.5. The van der Waals surface area contributed by atoms with Crippen LogP contribution in [0.2, 0.25) is 0 Å². The molecular weight excluding hydrogens is 446 g/mol. The summed E-state index contributed by atoms with van der Waals surface area (Å²) >= 11 is 1.09. The minimum absolute atomic E-state index is 0.0566. The Balaban J connectivity index is 1.69. The SMILES string of the molecule is COc1ccc(-c2ccc(C#N)c(SCCC(=O)Nc3c(F)c(F)cc(F)c3F)n2)cc1. The fourth-order valence-electron chi connectivity index (χ4n) is 2.68. The summed E-state index contributed by atoms with van der Waals surface area (Å²) in [5, 5.41) is 11.5. The number of nitrogens with zero attached hydrogens (tertiary/aromatic N) is 2. The molecule has 0 bridgehead atoms. The average molecular weight is 461 g/mol. The summed E-state index contributed by atoms with van der Waals surface area (Å²) in [5.41, 5.74) is 0.485. The van der Waals surface area contributed by atoms with E-state index in [2.05, 4.69) is 4.98 Å². The molecule has 5 nitrogen and oxygen atoms in total. The smallest absolute Gasteiger partial charge is 0.225 e. The Morgan fingerprint density at radius 2 is 1.75 bits per heavy atom. The summed E-state index contributed by atoms with van der Waals surface area (Å²) < 4.78 is 59.0. The molecule has 0 atom stereocenters. The van der Waals surface area contributed by atoms with Crippen molar-refractivity contribution in [2.75, 3.05) is 18.2 Å². The number of amides is 1. The molecule has 0 unspecified atom stereocenters. The number of nitriles is 1. The molecule has 32 heavy (non-hydrogen) atoms. The van der Waals surface area contributed by atoms with Crippen molar-refractivity contribution in [1.29, 1.82) is 5.26 Å². The standard InChI is InChI=1S/C22H15F4N3O2S/c1-31-14-5-2-12(3-6-14)17-7-4-13(11-27)22(28-17)32-9-8-18(30)29-21-19(25)15(23)10-16(24)20(21)26/h2-7,10H,8-9H2,1H3,(H,29,30). The molecule has 0 spiro atoms. The molecule has 1 N–H and O–H groups in total. The molecule has 164 valence electrons. The fourth-order valence-corrected chi connectivity index (χ4v) is 3.60. The molecule has 0 aliphatic heterocycles. The molecule has 0 saturated carbocycles. The first-order valence-corrected chi connectivity index (χ1v) is 10.1. The fraction of sp³-hybridized carbons (Fsp3) is 0.136. The van der Waals surface area contributed by atoms with E-state index in [9.17, 15) is 27.6 Å². The Hall–Kier alpha value is -3.58. The van der Waals surface area contributed by atoms with Crippen molar-refractivity contribution in [3.63, 3.8) is 0 Å². The zero-order chi connectivity index (χ0) is 23.3. The van der Waals surface area contributed by atoms with Gasteiger partial charge < -0.3 is 10.1 Å². The van der Waals surface area contributed by atoms with E-state index in [1.54, 1.807) is 43.5 Å². The predicted molar refractivity (Wildman–Crippen MR) is 111 cm³/mol. The van der Waals surface area contributed by atoms with E-state index < -0.39 is 34.9 Å². The highest BCUT2D eigenvalue weighted by Crippen LogP contribution is 2.28. The Morgan fingerprint density at radius 1 is 1.09 bits per heavy atom. The van der Waals surface area contributed by atoms with Gasteiger partial charge in [-0.25, -0.2) is 22.5 Å². The van der Waals surface area contributed by atoms with Crippen LogP contribution in [0.4, 0.5) is 23.2 Å². The van der Waals surface area contributed by atoms with Gasteiger partial charge in [0.25, 0.3) is 0 Å². The van der Waals surface area contributed by atoms with Gasteiger partial charge in [-0.2, -0.15) is 5.26 Å². The van der Waals surface area contributed by atoms with Gasteiger partial charge in [-0.15, -0.1) is 11.8 Å². The summed E-state index contributed by atoms with van der Waals surface area (Å²) in [6.07, 6.45) is -0.249. The molecule has 0 saturated heterocycles. The van der Waals surface area contributed by atoms with Crippen LogP contribution in [0.15, 0.2) is 47.5 Å². The Kier molecular flexibility index (Phi) is 7.33. The maximum atomic E-state index is 13.7. The number of hydrogen-bond acceptors (Lipinski definition) is 5. The maximum Gasteiger partial charge on any atom is 0.225 e. The van der Waals surface area contributed by atoms with E-state index in [1.807, 2.05) is 11.4 Å². The van der Waals surface area contributed by atoms with Crippen molar-refractivity contribution in [3.05, 3.63) is 71.3 Å². The van der Waals surface area contributed by atoms with Gasteiger partial charge in [0.15, 0.2) is 23.3 Å². The van der Waals surface area contributed by atoms with Gasteiger partial charge in [-0.1, -0.05) is 0 Å². The molecule has 3 aromatic rings. The topological polar surface area (TPSA) is 75.0 Å². The van der Waals surface area contributed by atoms with Crippen molar-refractivity contribution in [2.24, 2.45) is 0 Å². The third-order valence-corrected chi connectivity index (χ3v) is 5.30. The second-order valence-electron chi connectivity index (χ2n) is 6.38. The van der Waals surface area contributed by atoms with Crippen LogP contribution >= 0.6 is 11.8 Å². The maximum absolute atomic E-state index is 13.7. The van der Waals surface area contributed by atoms with Crippen LogP contribution in [-0.2, 0) is 4.79 Å². The number of aromatic nitrogens is 1. The highest BCUT2D eigenvalue weighted by Gasteiger charge is 2.21. The Labute approximate surface area is 185 Å². The monoisotopic (exact) mass is 461 g/mol. The number of carbonyl (C=O) groups excluding carboxylic acids is 1. The molecule has 0 aliphatic rings. The van der Waals surface area contributed by atoms with Crippen molar-refractivity contribution in [1.82, 2.24) is 4.98 Å². The number of benzene rings is 2. The Morgan fingerprint density at radius 3 is 2.34 bits per heavy atom. The van der Waals surface area contributed by atoms with Gasteiger partial charge in [-0.3, -0.25) is 4.79 Å². The number of nitrogens with one attached hydrogen (secondary N) is 1. The van der Waals surface area contributed by atoms with Crippen LogP contribution < -0.4 is 10.1 Å². The van der Waals surface area contributed by atoms with Crippen LogP contribution in [0.1, 0.15) is 12.0 Å². The zero-order valence-corrected chi connectivity index (χ0v) is 17.4. The second-order valence-corrected chi connectivity index (χ2v) is 7.46. The first-order chi connectivity index (χ1) is 15.3. The minimum atomic E-state index is -1.69. The first kappa shape index (κ1) is 23.1. The van der Waals surface area contributed by atoms with E-state index in [1.165, 1.54) is 0 Å². The van der Waals surface area contributed by atoms with Gasteiger partial charge in [-0.05, 0) is 36.4 Å². The number of ether oxygens (including phenoxy) is 1. The summed E-state index contributed by atoms with van der Waals surface area (Å²) in [5.74, 6) is -6.70. The highest BCUT2D eigenvalue weighted by molar-refractivity contribution is 7.99. The van der Waals surface area contributed by atoms with Gasteiger partial charge in [0, 0.05) is 23.8 Å². The normalized spacial score (nSPS) is 10.5. The van der Waals surface area contributed by atoms with Crippen molar-refractivity contribution >= 4 is 23.4 Å². The van der Waals surface area contributed by atoms with Crippen LogP contribution in [0.5, 0.6) is 5.75 Å². The minimum Gasteiger partial charge on any atom is -0.497 e. The molecular formula is C22H15F4N3O2S. The van der Waals surface area contributed by atoms with Gasteiger partial charge in [0.1, 0.15) is 22.5 Å². The molecule has 2 aromatic carbocycles. The highest BCUT2D eigenvalue weighted by atomic mass is 32.2. The number of rotatable bonds is 7. The summed E-state index contributed by atoms with van der Waals surface area (Å²) in [4.78, 5) is 16.5. The quantitative estimate of drug-likeness (QED) is 0.293. The largest absolute Gasteiger partial charge is 0.497 e. The van der Waals surface area contributed by atoms with Crippen molar-refractivity contribution < 1.29 is 27.1 Å².